The smallest absolute Gasteiger partial charge is 0.308 e. The van der Waals surface area contributed by atoms with E-state index >= 15 is 0 Å². The molecular formula is C18H20N2O6S. The number of rotatable bonds is 6. The van der Waals surface area contributed by atoms with Gasteiger partial charge in [0.2, 0.25) is 11.8 Å². The Balaban J connectivity index is 1.40. The zero-order valence-electron chi connectivity index (χ0n) is 14.6. The number of nitrogens with one attached hydrogen (secondary N) is 1. The summed E-state index contributed by atoms with van der Waals surface area (Å²) in [7, 11) is 0. The molecule has 1 aliphatic heterocycles. The minimum Gasteiger partial charge on any atom is -0.456 e. The molecule has 0 bridgehead atoms. The van der Waals surface area contributed by atoms with Gasteiger partial charge in [0, 0.05) is 6.54 Å². The Morgan fingerprint density at radius 2 is 1.81 bits per heavy atom. The average Bonchev–Trinajstić information content (AvgIpc) is 3.28. The van der Waals surface area contributed by atoms with Gasteiger partial charge in [-0.3, -0.25) is 34.2 Å². The molecule has 1 saturated carbocycles. The molecule has 1 aliphatic carbocycles. The van der Waals surface area contributed by atoms with Crippen molar-refractivity contribution in [2.75, 3.05) is 13.2 Å². The van der Waals surface area contributed by atoms with Crippen LogP contribution in [0, 0.1) is 11.8 Å². The van der Waals surface area contributed by atoms with Gasteiger partial charge in [-0.2, -0.15) is 0 Å². The Kier molecular flexibility index (Phi) is 6.00. The molecule has 2 aliphatic rings. The molecule has 2 fully saturated rings. The number of fused-ring (bicyclic) bond motifs is 1. The molecule has 144 valence electrons. The SMILES string of the molecule is O=C(COC(=O)CCN1C(=O)[C@@H]2CCCC[C@H]2C1=O)NC(=O)c1cccs1. The van der Waals surface area contributed by atoms with Gasteiger partial charge in [-0.25, -0.2) is 0 Å². The second kappa shape index (κ2) is 8.43. The van der Waals surface area contributed by atoms with Gasteiger partial charge in [0.1, 0.15) is 0 Å². The van der Waals surface area contributed by atoms with E-state index in [1.165, 1.54) is 11.3 Å². The van der Waals surface area contributed by atoms with E-state index in [2.05, 4.69) is 5.32 Å². The second-order valence-corrected chi connectivity index (χ2v) is 7.54. The van der Waals surface area contributed by atoms with E-state index in [4.69, 9.17) is 4.74 Å². The van der Waals surface area contributed by atoms with Crippen LogP contribution in [0.1, 0.15) is 41.8 Å². The van der Waals surface area contributed by atoms with Crippen LogP contribution in [-0.4, -0.2) is 47.6 Å². The molecule has 9 heteroatoms. The average molecular weight is 392 g/mol. The van der Waals surface area contributed by atoms with E-state index in [0.29, 0.717) is 17.7 Å². The van der Waals surface area contributed by atoms with Gasteiger partial charge >= 0.3 is 5.97 Å². The van der Waals surface area contributed by atoms with Crippen LogP contribution in [0.3, 0.4) is 0 Å². The topological polar surface area (TPSA) is 110 Å². The number of thiophene rings is 1. The third-order valence-electron chi connectivity index (χ3n) is 4.83. The Morgan fingerprint density at radius 3 is 2.41 bits per heavy atom. The van der Waals surface area contributed by atoms with Gasteiger partial charge < -0.3 is 4.74 Å². The van der Waals surface area contributed by atoms with Gasteiger partial charge in [-0.15, -0.1) is 11.3 Å². The summed E-state index contributed by atoms with van der Waals surface area (Å²) in [5.74, 6) is -2.92. The van der Waals surface area contributed by atoms with Gasteiger partial charge in [0.15, 0.2) is 6.61 Å². The Hall–Kier alpha value is -2.55. The van der Waals surface area contributed by atoms with E-state index in [1.807, 2.05) is 0 Å². The van der Waals surface area contributed by atoms with Crippen molar-refractivity contribution >= 4 is 40.9 Å². The van der Waals surface area contributed by atoms with Crippen LogP contribution in [0.15, 0.2) is 17.5 Å². The minimum atomic E-state index is -0.735. The molecule has 0 spiro atoms. The van der Waals surface area contributed by atoms with Gasteiger partial charge in [0.05, 0.1) is 23.1 Å². The van der Waals surface area contributed by atoms with Crippen molar-refractivity contribution in [2.45, 2.75) is 32.1 Å². The highest BCUT2D eigenvalue weighted by molar-refractivity contribution is 7.12. The highest BCUT2D eigenvalue weighted by Gasteiger charge is 2.47. The van der Waals surface area contributed by atoms with Crippen molar-refractivity contribution in [3.63, 3.8) is 0 Å². The number of imide groups is 2. The quantitative estimate of drug-likeness (QED) is 0.574. The van der Waals surface area contributed by atoms with E-state index in [-0.39, 0.29) is 36.6 Å². The number of hydrogen-bond donors (Lipinski definition) is 1. The molecule has 1 aromatic rings. The lowest BCUT2D eigenvalue weighted by atomic mass is 9.81. The molecule has 27 heavy (non-hydrogen) atoms. The third kappa shape index (κ3) is 4.41. The van der Waals surface area contributed by atoms with E-state index in [0.717, 1.165) is 17.7 Å². The molecule has 0 unspecified atom stereocenters. The lowest BCUT2D eigenvalue weighted by molar-refractivity contribution is -0.149. The third-order valence-corrected chi connectivity index (χ3v) is 5.70. The monoisotopic (exact) mass is 392 g/mol. The van der Waals surface area contributed by atoms with Gasteiger partial charge in [-0.05, 0) is 24.3 Å². The van der Waals surface area contributed by atoms with Crippen LogP contribution >= 0.6 is 11.3 Å². The van der Waals surface area contributed by atoms with Crippen molar-refractivity contribution in [3.05, 3.63) is 22.4 Å². The Bertz CT molecular complexity index is 736. The zero-order valence-corrected chi connectivity index (χ0v) is 15.5. The molecule has 0 aromatic carbocycles. The normalized spacial score (nSPS) is 21.7. The fourth-order valence-electron chi connectivity index (χ4n) is 3.50. The summed E-state index contributed by atoms with van der Waals surface area (Å²) < 4.78 is 4.82. The largest absolute Gasteiger partial charge is 0.456 e. The van der Waals surface area contributed by atoms with Crippen LogP contribution in [0.4, 0.5) is 0 Å². The maximum atomic E-state index is 12.3. The summed E-state index contributed by atoms with van der Waals surface area (Å²) in [5, 5.41) is 3.82. The summed E-state index contributed by atoms with van der Waals surface area (Å²) >= 11 is 1.19. The van der Waals surface area contributed by atoms with Crippen molar-refractivity contribution in [1.29, 1.82) is 0 Å². The predicted molar refractivity (Wildman–Crippen MR) is 94.5 cm³/mol. The highest BCUT2D eigenvalue weighted by atomic mass is 32.1. The first-order valence-electron chi connectivity index (χ1n) is 8.86. The number of carbonyl (C=O) groups is 5. The van der Waals surface area contributed by atoms with E-state index in [9.17, 15) is 24.0 Å². The maximum Gasteiger partial charge on any atom is 0.308 e. The van der Waals surface area contributed by atoms with Gasteiger partial charge in [-0.1, -0.05) is 18.9 Å². The van der Waals surface area contributed by atoms with Crippen LogP contribution < -0.4 is 5.32 Å². The molecule has 2 heterocycles. The standard InChI is InChI=1S/C18H20N2O6S/c21-14(19-16(23)13-6-3-9-27-13)10-26-15(22)7-8-20-17(24)11-4-1-2-5-12(11)18(20)25/h3,6,9,11-12H,1-2,4-5,7-8,10H2,(H,19,21,23)/t11-,12-/m1/s1. The number of esters is 1. The summed E-state index contributed by atoms with van der Waals surface area (Å²) in [5.41, 5.74) is 0. The Labute approximate surface area is 159 Å². The maximum absolute atomic E-state index is 12.3. The fourth-order valence-corrected chi connectivity index (χ4v) is 4.12. The van der Waals surface area contributed by atoms with Crippen LogP contribution in [0.5, 0.6) is 0 Å². The number of amides is 4. The first-order chi connectivity index (χ1) is 13.0. The first-order valence-corrected chi connectivity index (χ1v) is 9.74. The summed E-state index contributed by atoms with van der Waals surface area (Å²) in [6.45, 7) is -0.637. The van der Waals surface area contributed by atoms with Crippen molar-refractivity contribution < 1.29 is 28.7 Å². The molecular weight excluding hydrogens is 372 g/mol. The lowest BCUT2D eigenvalue weighted by Gasteiger charge is -2.19. The summed E-state index contributed by atoms with van der Waals surface area (Å²) in [6.07, 6.45) is 3.14. The fraction of sp³-hybridized carbons (Fsp3) is 0.500. The molecule has 1 saturated heterocycles. The molecule has 3 rings (SSSR count). The summed E-state index contributed by atoms with van der Waals surface area (Å²) in [4.78, 5) is 61.3. The number of nitrogens with zero attached hydrogens (tertiary/aromatic N) is 1. The number of ether oxygens (including phenoxy) is 1. The molecule has 0 radical (unpaired) electrons. The first kappa shape index (κ1) is 19.2. The van der Waals surface area contributed by atoms with Crippen molar-refractivity contribution in [2.24, 2.45) is 11.8 Å². The second-order valence-electron chi connectivity index (χ2n) is 6.59. The number of carbonyl (C=O) groups excluding carboxylic acids is 5. The molecule has 2 atom stereocenters. The van der Waals surface area contributed by atoms with Crippen molar-refractivity contribution in [1.82, 2.24) is 10.2 Å². The van der Waals surface area contributed by atoms with Crippen LogP contribution in [0.25, 0.3) is 0 Å². The highest BCUT2D eigenvalue weighted by Crippen LogP contribution is 2.37. The lowest BCUT2D eigenvalue weighted by Crippen LogP contribution is -2.35. The van der Waals surface area contributed by atoms with Crippen molar-refractivity contribution in [3.8, 4) is 0 Å². The minimum absolute atomic E-state index is 0.0424. The molecule has 4 amide bonds. The van der Waals surface area contributed by atoms with E-state index in [1.54, 1.807) is 17.5 Å². The Morgan fingerprint density at radius 1 is 1.15 bits per heavy atom. The molecule has 1 N–H and O–H groups in total. The predicted octanol–water partition coefficient (Wildman–Crippen LogP) is 1.11. The van der Waals surface area contributed by atoms with E-state index < -0.39 is 24.4 Å². The van der Waals surface area contributed by atoms with Crippen LogP contribution in [-0.2, 0) is 23.9 Å². The number of hydrogen-bond acceptors (Lipinski definition) is 7. The summed E-state index contributed by atoms with van der Waals surface area (Å²) in [6, 6.07) is 3.25. The van der Waals surface area contributed by atoms with Gasteiger partial charge in [0.25, 0.3) is 11.8 Å². The molecule has 1 aromatic heterocycles. The van der Waals surface area contributed by atoms with Crippen LogP contribution in [0.2, 0.25) is 0 Å². The zero-order chi connectivity index (χ0) is 19.4. The number of likely N-dealkylation sites (tertiary alicyclic amines) is 1. The molecule has 8 nitrogen and oxygen atoms in total.